The number of hydrogen-bond donors (Lipinski definition) is 0. The number of fused-ring (bicyclic) bond motifs is 5. The fraction of sp³-hybridized carbons (Fsp3) is 0. The van der Waals surface area contributed by atoms with Gasteiger partial charge in [0.15, 0.2) is 0 Å². The molecule has 0 aliphatic heterocycles. The van der Waals surface area contributed by atoms with Gasteiger partial charge in [-0.1, -0.05) is 182 Å². The monoisotopic (exact) mass is 755 g/mol. The Morgan fingerprint density at radius 2 is 0.845 bits per heavy atom. The summed E-state index contributed by atoms with van der Waals surface area (Å²) in [6.07, 6.45) is 0. The lowest BCUT2D eigenvalue weighted by Crippen LogP contribution is -2.11. The second kappa shape index (κ2) is 14.4. The number of rotatable bonds is 7. The number of benzene rings is 10. The van der Waals surface area contributed by atoms with Crippen molar-refractivity contribution in [3.8, 4) is 44.5 Å². The van der Waals surface area contributed by atoms with Crippen molar-refractivity contribution >= 4 is 70.1 Å². The predicted octanol–water partition coefficient (Wildman–Crippen LogP) is 16.5. The molecule has 0 aliphatic rings. The van der Waals surface area contributed by atoms with Gasteiger partial charge in [-0.25, -0.2) is 0 Å². The van der Waals surface area contributed by atoms with Crippen molar-refractivity contribution < 1.29 is 0 Å². The third-order valence-corrected chi connectivity index (χ3v) is 12.6. The van der Waals surface area contributed by atoms with E-state index in [2.05, 4.69) is 229 Å². The Hall–Kier alpha value is -7.26. The quantitative estimate of drug-likeness (QED) is 0.157. The van der Waals surface area contributed by atoms with Crippen LogP contribution in [0.3, 0.4) is 0 Å². The number of hydrogen-bond acceptors (Lipinski definition) is 2. The van der Waals surface area contributed by atoms with Crippen molar-refractivity contribution in [1.29, 1.82) is 0 Å². The van der Waals surface area contributed by atoms with Crippen LogP contribution in [0.5, 0.6) is 0 Å². The van der Waals surface area contributed by atoms with Crippen molar-refractivity contribution in [3.63, 3.8) is 0 Å². The van der Waals surface area contributed by atoms with Gasteiger partial charge in [-0.2, -0.15) is 0 Å². The first kappa shape index (κ1) is 34.0. The molecule has 1 nitrogen and oxygen atoms in total. The Morgan fingerprint density at radius 3 is 1.69 bits per heavy atom. The van der Waals surface area contributed by atoms with Crippen LogP contribution >= 0.6 is 11.3 Å². The van der Waals surface area contributed by atoms with Crippen LogP contribution in [0.1, 0.15) is 0 Å². The van der Waals surface area contributed by atoms with Crippen LogP contribution in [0, 0.1) is 0 Å². The van der Waals surface area contributed by atoms with Gasteiger partial charge in [0.05, 0.1) is 5.69 Å². The van der Waals surface area contributed by atoms with E-state index in [-0.39, 0.29) is 0 Å². The number of para-hydroxylation sites is 1. The van der Waals surface area contributed by atoms with Gasteiger partial charge in [-0.15, -0.1) is 11.3 Å². The molecule has 0 unspecified atom stereocenters. The molecule has 58 heavy (non-hydrogen) atoms. The summed E-state index contributed by atoms with van der Waals surface area (Å²) in [6, 6.07) is 82.0. The first-order valence-corrected chi connectivity index (χ1v) is 20.7. The van der Waals surface area contributed by atoms with Crippen LogP contribution < -0.4 is 4.90 Å². The first-order valence-electron chi connectivity index (χ1n) is 19.8. The highest BCUT2D eigenvalue weighted by molar-refractivity contribution is 7.25. The van der Waals surface area contributed by atoms with Gasteiger partial charge in [-0.3, -0.25) is 0 Å². The molecule has 0 spiro atoms. The van der Waals surface area contributed by atoms with E-state index in [4.69, 9.17) is 0 Å². The van der Waals surface area contributed by atoms with E-state index < -0.39 is 0 Å². The maximum absolute atomic E-state index is 2.45. The van der Waals surface area contributed by atoms with E-state index in [9.17, 15) is 0 Å². The molecule has 1 heterocycles. The molecule has 0 aliphatic carbocycles. The molecule has 272 valence electrons. The molecule has 0 amide bonds. The van der Waals surface area contributed by atoms with E-state index in [1.807, 2.05) is 11.3 Å². The lowest BCUT2D eigenvalue weighted by Gasteiger charge is -2.29. The fourth-order valence-electron chi connectivity index (χ4n) is 8.84. The summed E-state index contributed by atoms with van der Waals surface area (Å²) in [7, 11) is 0. The molecule has 10 aromatic carbocycles. The Bertz CT molecular complexity index is 3270. The molecule has 1 aromatic heterocycles. The predicted molar refractivity (Wildman–Crippen MR) is 251 cm³/mol. The topological polar surface area (TPSA) is 3.24 Å². The van der Waals surface area contributed by atoms with Crippen LogP contribution in [-0.2, 0) is 0 Å². The van der Waals surface area contributed by atoms with E-state index in [1.165, 1.54) is 86.2 Å². The minimum absolute atomic E-state index is 1.09. The third kappa shape index (κ3) is 5.86. The van der Waals surface area contributed by atoms with Crippen molar-refractivity contribution in [2.45, 2.75) is 0 Å². The SMILES string of the molecule is c1ccc(-c2cccc3cccc(-c4ccccc4N(c4ccc(-c5cccc6ccccc56)cc4)c4cccc(-c5cccc6sc7ccccc7c56)c4)c23)cc1. The zero-order valence-corrected chi connectivity index (χ0v) is 32.5. The van der Waals surface area contributed by atoms with Gasteiger partial charge < -0.3 is 4.90 Å². The fourth-order valence-corrected chi connectivity index (χ4v) is 9.97. The third-order valence-electron chi connectivity index (χ3n) is 11.5. The summed E-state index contributed by atoms with van der Waals surface area (Å²) < 4.78 is 2.62. The summed E-state index contributed by atoms with van der Waals surface area (Å²) >= 11 is 1.86. The molecular formula is C56H37NS. The summed E-state index contributed by atoms with van der Waals surface area (Å²) in [5.41, 5.74) is 13.0. The molecule has 0 saturated carbocycles. The normalized spacial score (nSPS) is 11.4. The van der Waals surface area contributed by atoms with Crippen LogP contribution in [0.4, 0.5) is 17.1 Å². The summed E-state index contributed by atoms with van der Waals surface area (Å²) in [4.78, 5) is 2.45. The zero-order valence-electron chi connectivity index (χ0n) is 31.7. The van der Waals surface area contributed by atoms with Gasteiger partial charge in [0, 0.05) is 37.1 Å². The van der Waals surface area contributed by atoms with Crippen molar-refractivity contribution in [2.24, 2.45) is 0 Å². The highest BCUT2D eigenvalue weighted by Gasteiger charge is 2.21. The molecule has 0 radical (unpaired) electrons. The van der Waals surface area contributed by atoms with Gasteiger partial charge in [-0.05, 0) is 103 Å². The number of thiophene rings is 1. The minimum Gasteiger partial charge on any atom is -0.310 e. The molecule has 0 atom stereocenters. The molecule has 0 bridgehead atoms. The van der Waals surface area contributed by atoms with Crippen LogP contribution in [0.15, 0.2) is 224 Å². The molecule has 0 N–H and O–H groups in total. The Kier molecular flexibility index (Phi) is 8.42. The second-order valence-electron chi connectivity index (χ2n) is 14.8. The van der Waals surface area contributed by atoms with Crippen molar-refractivity contribution in [2.75, 3.05) is 4.90 Å². The summed E-state index contributed by atoms with van der Waals surface area (Å²) in [5.74, 6) is 0. The van der Waals surface area contributed by atoms with Crippen LogP contribution in [0.2, 0.25) is 0 Å². The standard InChI is InChI=1S/C56H37NS/c1-2-15-39(16-3-1)47-27-12-19-41-20-13-29-50(55(41)47)49-24-6-8-30-52(49)57(43-35-33-40(34-36-43)46-26-11-18-38-17-4-5-23-45(38)46)44-22-10-21-42(37-44)48-28-14-32-54-56(48)51-25-7-9-31-53(51)58-54/h1-37H. The van der Waals surface area contributed by atoms with E-state index in [0.717, 1.165) is 17.1 Å². The Morgan fingerprint density at radius 1 is 0.293 bits per heavy atom. The first-order chi connectivity index (χ1) is 28.8. The molecule has 11 rings (SSSR count). The Labute approximate surface area is 342 Å². The maximum atomic E-state index is 2.45. The van der Waals surface area contributed by atoms with Gasteiger partial charge in [0.1, 0.15) is 0 Å². The summed E-state index contributed by atoms with van der Waals surface area (Å²) in [6.45, 7) is 0. The largest absolute Gasteiger partial charge is 0.310 e. The lowest BCUT2D eigenvalue weighted by atomic mass is 9.90. The highest BCUT2D eigenvalue weighted by atomic mass is 32.1. The van der Waals surface area contributed by atoms with E-state index >= 15 is 0 Å². The second-order valence-corrected chi connectivity index (χ2v) is 15.9. The van der Waals surface area contributed by atoms with Crippen molar-refractivity contribution in [3.05, 3.63) is 224 Å². The highest BCUT2D eigenvalue weighted by Crippen LogP contribution is 2.47. The lowest BCUT2D eigenvalue weighted by molar-refractivity contribution is 1.28. The minimum atomic E-state index is 1.09. The summed E-state index contributed by atoms with van der Waals surface area (Å²) in [5, 5.41) is 7.59. The van der Waals surface area contributed by atoms with Gasteiger partial charge >= 0.3 is 0 Å². The Balaban J connectivity index is 1.13. The van der Waals surface area contributed by atoms with Crippen LogP contribution in [0.25, 0.3) is 86.2 Å². The molecular weight excluding hydrogens is 719 g/mol. The maximum Gasteiger partial charge on any atom is 0.0540 e. The molecule has 0 fully saturated rings. The zero-order chi connectivity index (χ0) is 38.4. The number of anilines is 3. The smallest absolute Gasteiger partial charge is 0.0540 e. The van der Waals surface area contributed by atoms with E-state index in [0.29, 0.717) is 0 Å². The van der Waals surface area contributed by atoms with Gasteiger partial charge in [0.25, 0.3) is 0 Å². The molecule has 2 heteroatoms. The van der Waals surface area contributed by atoms with Crippen LogP contribution in [-0.4, -0.2) is 0 Å². The average molecular weight is 756 g/mol. The number of nitrogens with zero attached hydrogens (tertiary/aromatic N) is 1. The molecule has 0 saturated heterocycles. The molecule has 11 aromatic rings. The average Bonchev–Trinajstić information content (AvgIpc) is 3.69. The van der Waals surface area contributed by atoms with Gasteiger partial charge in [0.2, 0.25) is 0 Å². The van der Waals surface area contributed by atoms with E-state index in [1.54, 1.807) is 0 Å². The van der Waals surface area contributed by atoms with Crippen molar-refractivity contribution in [1.82, 2.24) is 0 Å².